The number of rotatable bonds is 1. The molecule has 0 spiro atoms. The summed E-state index contributed by atoms with van der Waals surface area (Å²) in [6, 6.07) is 0. The van der Waals surface area contributed by atoms with Gasteiger partial charge in [0.2, 0.25) is 5.09 Å². The Balaban J connectivity index is 2.51. The highest BCUT2D eigenvalue weighted by molar-refractivity contribution is 8.03. The molecule has 0 aromatic heterocycles. The topological polar surface area (TPSA) is 52.4 Å². The molecule has 0 saturated carbocycles. The molecule has 1 aliphatic heterocycles. The van der Waals surface area contributed by atoms with Crippen LogP contribution in [0, 0.1) is 10.1 Å². The Hall–Kier alpha value is -0.710. The van der Waals surface area contributed by atoms with Gasteiger partial charge in [-0.1, -0.05) is 11.8 Å². The highest BCUT2D eigenvalue weighted by Crippen LogP contribution is 2.27. The molecule has 1 rings (SSSR count). The van der Waals surface area contributed by atoms with Crippen LogP contribution in [0.5, 0.6) is 0 Å². The van der Waals surface area contributed by atoms with Crippen LogP contribution in [0.4, 0.5) is 0 Å². The molecule has 0 amide bonds. The summed E-state index contributed by atoms with van der Waals surface area (Å²) in [5.41, 5.74) is 0. The monoisotopic (exact) mass is 161 g/mol. The van der Waals surface area contributed by atoms with Crippen LogP contribution in [-0.2, 0) is 4.74 Å². The zero-order chi connectivity index (χ0) is 7.56. The Morgan fingerprint density at radius 2 is 2.70 bits per heavy atom. The normalized spacial score (nSPS) is 28.5. The van der Waals surface area contributed by atoms with Gasteiger partial charge in [0.25, 0.3) is 6.20 Å². The summed E-state index contributed by atoms with van der Waals surface area (Å²) in [5, 5.41) is 10.3. The second kappa shape index (κ2) is 2.92. The fourth-order valence-electron chi connectivity index (χ4n) is 0.620. The summed E-state index contributed by atoms with van der Waals surface area (Å²) in [4.78, 5) is 9.40. The third kappa shape index (κ3) is 1.91. The van der Waals surface area contributed by atoms with Gasteiger partial charge < -0.3 is 4.74 Å². The van der Waals surface area contributed by atoms with Crippen molar-refractivity contribution in [1.82, 2.24) is 0 Å². The van der Waals surface area contributed by atoms with E-state index in [9.17, 15) is 10.1 Å². The van der Waals surface area contributed by atoms with Gasteiger partial charge in [-0.25, -0.2) is 0 Å². The fourth-order valence-corrected chi connectivity index (χ4v) is 1.48. The Bertz CT molecular complexity index is 180. The second-order valence-corrected chi connectivity index (χ2v) is 3.00. The van der Waals surface area contributed by atoms with Gasteiger partial charge in [0.05, 0.1) is 4.92 Å². The molecule has 0 aliphatic carbocycles. The average Bonchev–Trinajstić information content (AvgIpc) is 2.13. The van der Waals surface area contributed by atoms with Crippen LogP contribution in [-0.4, -0.2) is 16.8 Å². The summed E-state index contributed by atoms with van der Waals surface area (Å²) in [6.07, 6.45) is 1.00. The molecule has 0 radical (unpaired) electrons. The maximum atomic E-state index is 9.90. The van der Waals surface area contributed by atoms with E-state index in [2.05, 4.69) is 0 Å². The van der Waals surface area contributed by atoms with Gasteiger partial charge in [-0.05, 0) is 6.92 Å². The van der Waals surface area contributed by atoms with Crippen LogP contribution in [0.2, 0.25) is 0 Å². The molecular formula is C5H7NO3S. The highest BCUT2D eigenvalue weighted by atomic mass is 32.2. The molecule has 1 heterocycles. The molecule has 4 nitrogen and oxygen atoms in total. The van der Waals surface area contributed by atoms with Gasteiger partial charge in [0, 0.05) is 5.75 Å². The molecule has 0 N–H and O–H groups in total. The van der Waals surface area contributed by atoms with E-state index in [0.717, 1.165) is 12.0 Å². The van der Waals surface area contributed by atoms with Crippen molar-refractivity contribution < 1.29 is 9.66 Å². The second-order valence-electron chi connectivity index (χ2n) is 1.97. The predicted molar refractivity (Wildman–Crippen MR) is 38.1 cm³/mol. The van der Waals surface area contributed by atoms with Gasteiger partial charge in [0.15, 0.2) is 0 Å². The number of hydrogen-bond acceptors (Lipinski definition) is 4. The number of ether oxygens (including phenoxy) is 1. The first-order valence-corrected chi connectivity index (χ1v) is 3.82. The SMILES string of the molecule is CC1CS/C(=C\[N+](=O)[O-])O1. The van der Waals surface area contributed by atoms with Crippen LogP contribution in [0.1, 0.15) is 6.92 Å². The Labute approximate surface area is 62.4 Å². The van der Waals surface area contributed by atoms with Crippen molar-refractivity contribution in [2.45, 2.75) is 13.0 Å². The lowest BCUT2D eigenvalue weighted by Gasteiger charge is -1.97. The first-order valence-electron chi connectivity index (χ1n) is 2.83. The lowest BCUT2D eigenvalue weighted by molar-refractivity contribution is -0.404. The van der Waals surface area contributed by atoms with E-state index in [1.54, 1.807) is 0 Å². The van der Waals surface area contributed by atoms with Crippen molar-refractivity contribution in [1.29, 1.82) is 0 Å². The molecule has 1 aliphatic rings. The zero-order valence-corrected chi connectivity index (χ0v) is 6.26. The minimum atomic E-state index is -0.500. The third-order valence-electron chi connectivity index (χ3n) is 0.988. The van der Waals surface area contributed by atoms with E-state index < -0.39 is 4.92 Å². The van der Waals surface area contributed by atoms with Crippen molar-refractivity contribution in [3.05, 3.63) is 21.4 Å². The number of thioether (sulfide) groups is 1. The van der Waals surface area contributed by atoms with E-state index in [-0.39, 0.29) is 6.10 Å². The fraction of sp³-hybridized carbons (Fsp3) is 0.600. The lowest BCUT2D eigenvalue weighted by atomic mass is 10.5. The zero-order valence-electron chi connectivity index (χ0n) is 5.44. The summed E-state index contributed by atoms with van der Waals surface area (Å²) in [5.74, 6) is 0.805. The van der Waals surface area contributed by atoms with Crippen LogP contribution in [0.15, 0.2) is 11.3 Å². The van der Waals surface area contributed by atoms with E-state index in [1.165, 1.54) is 11.8 Å². The van der Waals surface area contributed by atoms with Gasteiger partial charge in [-0.3, -0.25) is 10.1 Å². The van der Waals surface area contributed by atoms with Gasteiger partial charge in [-0.15, -0.1) is 0 Å². The molecule has 5 heteroatoms. The van der Waals surface area contributed by atoms with Crippen molar-refractivity contribution >= 4 is 11.8 Å². The largest absolute Gasteiger partial charge is 0.478 e. The first kappa shape index (κ1) is 7.40. The highest BCUT2D eigenvalue weighted by Gasteiger charge is 2.19. The van der Waals surface area contributed by atoms with Crippen LogP contribution in [0.3, 0.4) is 0 Å². The van der Waals surface area contributed by atoms with Crippen LogP contribution in [0.25, 0.3) is 0 Å². The van der Waals surface area contributed by atoms with E-state index >= 15 is 0 Å². The van der Waals surface area contributed by atoms with Gasteiger partial charge in [0.1, 0.15) is 6.10 Å². The molecule has 0 bridgehead atoms. The Morgan fingerprint density at radius 1 is 2.00 bits per heavy atom. The predicted octanol–water partition coefficient (Wildman–Crippen LogP) is 1.21. The van der Waals surface area contributed by atoms with Gasteiger partial charge >= 0.3 is 0 Å². The van der Waals surface area contributed by atoms with Crippen molar-refractivity contribution in [3.8, 4) is 0 Å². The molecule has 56 valence electrons. The molecular weight excluding hydrogens is 154 g/mol. The average molecular weight is 161 g/mol. The molecule has 1 unspecified atom stereocenters. The standard InChI is InChI=1S/C5H7NO3S/c1-4-3-10-5(9-4)2-6(7)8/h2,4H,3H2,1H3/b5-2-. The minimum absolute atomic E-state index is 0.108. The maximum Gasteiger partial charge on any atom is 0.282 e. The van der Waals surface area contributed by atoms with Gasteiger partial charge in [-0.2, -0.15) is 0 Å². The Kier molecular flexibility index (Phi) is 2.16. The minimum Gasteiger partial charge on any atom is -0.478 e. The van der Waals surface area contributed by atoms with E-state index in [0.29, 0.717) is 5.09 Å². The molecule has 1 saturated heterocycles. The van der Waals surface area contributed by atoms with E-state index in [1.807, 2.05) is 6.92 Å². The number of nitrogens with zero attached hydrogens (tertiary/aromatic N) is 1. The quantitative estimate of drug-likeness (QED) is 0.428. The molecule has 10 heavy (non-hydrogen) atoms. The summed E-state index contributed by atoms with van der Waals surface area (Å²) < 4.78 is 5.05. The molecule has 0 aromatic carbocycles. The summed E-state index contributed by atoms with van der Waals surface area (Å²) in [7, 11) is 0. The summed E-state index contributed by atoms with van der Waals surface area (Å²) in [6.45, 7) is 1.88. The van der Waals surface area contributed by atoms with Crippen molar-refractivity contribution in [2.75, 3.05) is 5.75 Å². The third-order valence-corrected chi connectivity index (χ3v) is 2.11. The van der Waals surface area contributed by atoms with Crippen LogP contribution < -0.4 is 0 Å². The summed E-state index contributed by atoms with van der Waals surface area (Å²) >= 11 is 1.38. The van der Waals surface area contributed by atoms with Crippen LogP contribution >= 0.6 is 11.8 Å². The van der Waals surface area contributed by atoms with Crippen molar-refractivity contribution in [3.63, 3.8) is 0 Å². The molecule has 1 fully saturated rings. The van der Waals surface area contributed by atoms with E-state index in [4.69, 9.17) is 4.74 Å². The molecule has 1 atom stereocenters. The maximum absolute atomic E-state index is 9.90. The first-order chi connectivity index (χ1) is 4.68. The lowest BCUT2D eigenvalue weighted by Crippen LogP contribution is -1.99. The number of nitro groups is 1. The smallest absolute Gasteiger partial charge is 0.282 e. The number of hydrogen-bond donors (Lipinski definition) is 0. The Morgan fingerprint density at radius 3 is 3.10 bits per heavy atom. The van der Waals surface area contributed by atoms with Crippen molar-refractivity contribution in [2.24, 2.45) is 0 Å². The molecule has 0 aromatic rings.